The topological polar surface area (TPSA) is 143 Å². The monoisotopic (exact) mass is 456 g/mol. The van der Waals surface area contributed by atoms with Crippen LogP contribution in [0.4, 0.5) is 10.5 Å². The van der Waals surface area contributed by atoms with Crippen LogP contribution in [-0.4, -0.2) is 47.7 Å². The molecule has 33 heavy (non-hydrogen) atoms. The minimum absolute atomic E-state index is 0.0861. The quantitative estimate of drug-likeness (QED) is 0.384. The van der Waals surface area contributed by atoms with Gasteiger partial charge in [-0.05, 0) is 56.2 Å². The Morgan fingerprint density at radius 3 is 1.85 bits per heavy atom. The van der Waals surface area contributed by atoms with Gasteiger partial charge in [0.15, 0.2) is 0 Å². The molecule has 2 unspecified atom stereocenters. The normalized spacial score (nSPS) is 12.8. The summed E-state index contributed by atoms with van der Waals surface area (Å²) < 4.78 is 5.29. The van der Waals surface area contributed by atoms with Gasteiger partial charge in [0.2, 0.25) is 11.8 Å². The number of hydrogen-bond acceptors (Lipinski definition) is 6. The van der Waals surface area contributed by atoms with Gasteiger partial charge in [0.05, 0.1) is 0 Å². The second-order valence-electron chi connectivity index (χ2n) is 8.69. The minimum atomic E-state index is -1.01. The first kappa shape index (κ1) is 25.5. The summed E-state index contributed by atoms with van der Waals surface area (Å²) in [6.07, 6.45) is -0.381. The Kier molecular flexibility index (Phi) is 8.67. The highest BCUT2D eigenvalue weighted by molar-refractivity contribution is 5.91. The Labute approximate surface area is 193 Å². The number of nitrogen functional groups attached to an aromatic ring is 1. The number of carbonyl (C=O) groups excluding carboxylic acids is 3. The van der Waals surface area contributed by atoms with Gasteiger partial charge in [-0.2, -0.15) is 0 Å². The summed E-state index contributed by atoms with van der Waals surface area (Å²) in [6, 6.07) is 11.4. The van der Waals surface area contributed by atoms with Gasteiger partial charge in [-0.25, -0.2) is 4.79 Å². The van der Waals surface area contributed by atoms with Crippen LogP contribution in [0.1, 0.15) is 31.9 Å². The molecule has 3 amide bonds. The van der Waals surface area contributed by atoms with E-state index < -0.39 is 29.7 Å². The first-order chi connectivity index (χ1) is 15.5. The summed E-state index contributed by atoms with van der Waals surface area (Å²) in [5, 5.41) is 17.4. The molecular weight excluding hydrogens is 424 g/mol. The third-order valence-corrected chi connectivity index (χ3v) is 4.68. The average Bonchev–Trinajstić information content (AvgIpc) is 2.73. The molecule has 0 spiro atoms. The van der Waals surface area contributed by atoms with Crippen LogP contribution in [-0.2, 0) is 27.2 Å². The third kappa shape index (κ3) is 8.72. The number of alkyl carbamates (subject to hydrolysis) is 1. The fourth-order valence-corrected chi connectivity index (χ4v) is 3.07. The lowest BCUT2D eigenvalue weighted by molar-refractivity contribution is -0.129. The van der Waals surface area contributed by atoms with Crippen LogP contribution in [0.5, 0.6) is 5.75 Å². The third-order valence-electron chi connectivity index (χ3n) is 4.68. The van der Waals surface area contributed by atoms with E-state index in [4.69, 9.17) is 10.5 Å². The standard InChI is InChI=1S/C24H32N4O5/c1-24(2,3)33-23(32)28-20(14-16-7-11-18(29)12-8-16)22(31)27-19(21(30)26-4)13-15-5-9-17(25)10-6-15/h5-12,19-20,29H,13-14,25H2,1-4H3,(H,26,30)(H,27,31)(H,28,32). The predicted octanol–water partition coefficient (Wildman–Crippen LogP) is 1.88. The van der Waals surface area contributed by atoms with E-state index in [-0.39, 0.29) is 24.5 Å². The van der Waals surface area contributed by atoms with Gasteiger partial charge in [-0.1, -0.05) is 24.3 Å². The van der Waals surface area contributed by atoms with Crippen LogP contribution in [0.3, 0.4) is 0 Å². The highest BCUT2D eigenvalue weighted by Gasteiger charge is 2.28. The highest BCUT2D eigenvalue weighted by atomic mass is 16.6. The molecule has 0 saturated carbocycles. The minimum Gasteiger partial charge on any atom is -0.508 e. The SMILES string of the molecule is CNC(=O)C(Cc1ccc(N)cc1)NC(=O)C(Cc1ccc(O)cc1)NC(=O)OC(C)(C)C. The lowest BCUT2D eigenvalue weighted by atomic mass is 10.0. The number of phenols is 1. The number of carbonyl (C=O) groups is 3. The first-order valence-corrected chi connectivity index (χ1v) is 10.6. The largest absolute Gasteiger partial charge is 0.508 e. The molecule has 0 aromatic heterocycles. The average molecular weight is 457 g/mol. The second-order valence-corrected chi connectivity index (χ2v) is 8.69. The lowest BCUT2D eigenvalue weighted by Gasteiger charge is -2.25. The molecule has 0 aliphatic carbocycles. The Hall–Kier alpha value is -3.75. The highest BCUT2D eigenvalue weighted by Crippen LogP contribution is 2.13. The molecule has 0 heterocycles. The number of ether oxygens (including phenoxy) is 1. The molecule has 2 rings (SSSR count). The zero-order valence-corrected chi connectivity index (χ0v) is 19.3. The maximum atomic E-state index is 13.2. The summed E-state index contributed by atoms with van der Waals surface area (Å²) in [5.41, 5.74) is 7.09. The van der Waals surface area contributed by atoms with Crippen LogP contribution in [0.2, 0.25) is 0 Å². The lowest BCUT2D eigenvalue weighted by Crippen LogP contribution is -2.55. The number of anilines is 1. The Morgan fingerprint density at radius 1 is 0.879 bits per heavy atom. The fourth-order valence-electron chi connectivity index (χ4n) is 3.07. The maximum absolute atomic E-state index is 13.2. The van der Waals surface area contributed by atoms with Gasteiger partial charge in [-0.15, -0.1) is 0 Å². The molecular formula is C24H32N4O5. The van der Waals surface area contributed by atoms with Crippen molar-refractivity contribution in [3.63, 3.8) is 0 Å². The fraction of sp³-hybridized carbons (Fsp3) is 0.375. The van der Waals surface area contributed by atoms with Gasteiger partial charge in [0.1, 0.15) is 23.4 Å². The van der Waals surface area contributed by atoms with Crippen molar-refractivity contribution in [1.29, 1.82) is 0 Å². The number of likely N-dealkylation sites (N-methyl/N-ethyl adjacent to an activating group) is 1. The van der Waals surface area contributed by atoms with E-state index in [1.54, 1.807) is 57.2 Å². The number of amides is 3. The molecule has 6 N–H and O–H groups in total. The van der Waals surface area contributed by atoms with E-state index in [0.717, 1.165) is 5.56 Å². The molecule has 178 valence electrons. The molecule has 0 fully saturated rings. The van der Waals surface area contributed by atoms with Crippen molar-refractivity contribution in [3.05, 3.63) is 59.7 Å². The van der Waals surface area contributed by atoms with Gasteiger partial charge in [0.25, 0.3) is 0 Å². The molecule has 0 saturated heterocycles. The zero-order chi connectivity index (χ0) is 24.6. The van der Waals surface area contributed by atoms with E-state index >= 15 is 0 Å². The second kappa shape index (κ2) is 11.2. The Morgan fingerprint density at radius 2 is 1.36 bits per heavy atom. The van der Waals surface area contributed by atoms with Gasteiger partial charge in [0, 0.05) is 25.6 Å². The first-order valence-electron chi connectivity index (χ1n) is 10.6. The molecule has 0 radical (unpaired) electrons. The van der Waals surface area contributed by atoms with Gasteiger partial charge in [-0.3, -0.25) is 9.59 Å². The Bertz CT molecular complexity index is 952. The van der Waals surface area contributed by atoms with E-state index in [2.05, 4.69) is 16.0 Å². The van der Waals surface area contributed by atoms with Gasteiger partial charge < -0.3 is 31.5 Å². The summed E-state index contributed by atoms with van der Waals surface area (Å²) in [5.74, 6) is -0.832. The number of rotatable bonds is 8. The zero-order valence-electron chi connectivity index (χ0n) is 19.3. The molecule has 0 aliphatic rings. The smallest absolute Gasteiger partial charge is 0.408 e. The van der Waals surface area contributed by atoms with Crippen molar-refractivity contribution in [2.75, 3.05) is 12.8 Å². The van der Waals surface area contributed by atoms with Crippen molar-refractivity contribution in [1.82, 2.24) is 16.0 Å². The van der Waals surface area contributed by atoms with Crippen LogP contribution in [0.25, 0.3) is 0 Å². The molecule has 9 nitrogen and oxygen atoms in total. The summed E-state index contributed by atoms with van der Waals surface area (Å²) in [6.45, 7) is 5.15. The predicted molar refractivity (Wildman–Crippen MR) is 126 cm³/mol. The van der Waals surface area contributed by atoms with E-state index in [1.165, 1.54) is 19.2 Å². The van der Waals surface area contributed by atoms with E-state index in [9.17, 15) is 19.5 Å². The molecule has 2 atom stereocenters. The van der Waals surface area contributed by atoms with Gasteiger partial charge >= 0.3 is 6.09 Å². The molecule has 2 aromatic rings. The van der Waals surface area contributed by atoms with Crippen molar-refractivity contribution in [3.8, 4) is 5.75 Å². The van der Waals surface area contributed by atoms with Crippen molar-refractivity contribution in [2.24, 2.45) is 0 Å². The van der Waals surface area contributed by atoms with E-state index in [1.807, 2.05) is 0 Å². The summed E-state index contributed by atoms with van der Waals surface area (Å²) in [7, 11) is 1.48. The van der Waals surface area contributed by atoms with Crippen LogP contribution in [0.15, 0.2) is 48.5 Å². The van der Waals surface area contributed by atoms with E-state index in [0.29, 0.717) is 11.3 Å². The molecule has 0 bridgehead atoms. The van der Waals surface area contributed by atoms with Crippen LogP contribution < -0.4 is 21.7 Å². The number of phenolic OH excluding ortho intramolecular Hbond substituents is 1. The summed E-state index contributed by atoms with van der Waals surface area (Å²) >= 11 is 0. The van der Waals surface area contributed by atoms with Crippen LogP contribution in [0, 0.1) is 0 Å². The van der Waals surface area contributed by atoms with Crippen molar-refractivity contribution >= 4 is 23.6 Å². The van der Waals surface area contributed by atoms with Crippen molar-refractivity contribution < 1.29 is 24.2 Å². The number of nitrogens with one attached hydrogen (secondary N) is 3. The Balaban J connectivity index is 2.21. The van der Waals surface area contributed by atoms with Crippen molar-refractivity contribution in [2.45, 2.75) is 51.3 Å². The maximum Gasteiger partial charge on any atom is 0.408 e. The number of hydrogen-bond donors (Lipinski definition) is 5. The van der Waals surface area contributed by atoms with Crippen LogP contribution >= 0.6 is 0 Å². The molecule has 0 aliphatic heterocycles. The number of nitrogens with two attached hydrogens (primary N) is 1. The summed E-state index contributed by atoms with van der Waals surface area (Å²) in [4.78, 5) is 38.0. The number of aromatic hydroxyl groups is 1. The number of benzene rings is 2. The molecule has 2 aromatic carbocycles. The molecule has 9 heteroatoms.